The summed E-state index contributed by atoms with van der Waals surface area (Å²) in [5.41, 5.74) is 2.11. The normalized spacial score (nSPS) is 10.7. The fourth-order valence-corrected chi connectivity index (χ4v) is 1.74. The summed E-state index contributed by atoms with van der Waals surface area (Å²) >= 11 is 1.38. The minimum Gasteiger partial charge on any atom is -0.311 e. The van der Waals surface area contributed by atoms with Crippen molar-refractivity contribution in [3.05, 3.63) is 29.0 Å². The molecule has 0 aromatic carbocycles. The van der Waals surface area contributed by atoms with Crippen molar-refractivity contribution in [2.24, 2.45) is 7.05 Å². The minimum absolute atomic E-state index is 0.781. The Morgan fingerprint density at radius 2 is 2.40 bits per heavy atom. The lowest BCUT2D eigenvalue weighted by molar-refractivity contribution is 0.655. The zero-order valence-corrected chi connectivity index (χ0v) is 9.37. The van der Waals surface area contributed by atoms with E-state index in [0.717, 1.165) is 30.9 Å². The molecule has 0 aliphatic heterocycles. The van der Waals surface area contributed by atoms with E-state index >= 15 is 0 Å². The first kappa shape index (κ1) is 10.3. The van der Waals surface area contributed by atoms with Crippen molar-refractivity contribution in [3.63, 3.8) is 0 Å². The molecule has 5 nitrogen and oxygen atoms in total. The molecule has 0 bridgehead atoms. The second kappa shape index (κ2) is 4.99. The lowest BCUT2D eigenvalue weighted by Crippen LogP contribution is -2.17. The van der Waals surface area contributed by atoms with Gasteiger partial charge in [0.25, 0.3) is 0 Å². The monoisotopic (exact) mass is 223 g/mol. The Balaban J connectivity index is 1.67. The van der Waals surface area contributed by atoms with Crippen LogP contribution >= 0.6 is 11.5 Å². The summed E-state index contributed by atoms with van der Waals surface area (Å²) in [6.07, 6.45) is 2.90. The summed E-state index contributed by atoms with van der Waals surface area (Å²) in [6, 6.07) is 2.03. The average molecular weight is 223 g/mol. The molecule has 80 valence electrons. The smallest absolute Gasteiger partial charge is 0.0893 e. The van der Waals surface area contributed by atoms with Crippen LogP contribution in [0.2, 0.25) is 0 Å². The maximum Gasteiger partial charge on any atom is 0.0893 e. The van der Waals surface area contributed by atoms with Crippen LogP contribution in [0.15, 0.2) is 17.6 Å². The van der Waals surface area contributed by atoms with Crippen LogP contribution in [0.1, 0.15) is 11.4 Å². The molecule has 0 saturated carbocycles. The standard InChI is InChI=1S/C9H13N5S/c1-14-5-3-8(12-14)2-4-10-6-9-7-15-13-11-9/h3,5,7,10H,2,4,6H2,1H3. The van der Waals surface area contributed by atoms with Crippen LogP contribution in [-0.4, -0.2) is 25.9 Å². The van der Waals surface area contributed by atoms with Crippen molar-refractivity contribution in [3.8, 4) is 0 Å². The van der Waals surface area contributed by atoms with Crippen molar-refractivity contribution < 1.29 is 0 Å². The molecule has 0 spiro atoms. The van der Waals surface area contributed by atoms with Gasteiger partial charge in [-0.25, -0.2) is 0 Å². The number of hydrogen-bond acceptors (Lipinski definition) is 5. The minimum atomic E-state index is 0.781. The first-order valence-electron chi connectivity index (χ1n) is 4.80. The van der Waals surface area contributed by atoms with E-state index < -0.39 is 0 Å². The maximum absolute atomic E-state index is 4.30. The van der Waals surface area contributed by atoms with Crippen molar-refractivity contribution in [1.82, 2.24) is 24.7 Å². The van der Waals surface area contributed by atoms with Gasteiger partial charge in [0, 0.05) is 38.1 Å². The summed E-state index contributed by atoms with van der Waals surface area (Å²) in [7, 11) is 1.93. The molecule has 6 heteroatoms. The topological polar surface area (TPSA) is 55.6 Å². The highest BCUT2D eigenvalue weighted by atomic mass is 32.1. The summed E-state index contributed by atoms with van der Waals surface area (Å²) in [6.45, 7) is 1.69. The van der Waals surface area contributed by atoms with E-state index in [2.05, 4.69) is 20.0 Å². The maximum atomic E-state index is 4.30. The van der Waals surface area contributed by atoms with Gasteiger partial charge in [0.05, 0.1) is 11.4 Å². The Morgan fingerprint density at radius 1 is 1.47 bits per heavy atom. The van der Waals surface area contributed by atoms with Gasteiger partial charge >= 0.3 is 0 Å². The fraction of sp³-hybridized carbons (Fsp3) is 0.444. The van der Waals surface area contributed by atoms with Gasteiger partial charge in [-0.15, -0.1) is 5.10 Å². The molecule has 0 aliphatic carbocycles. The molecule has 0 saturated heterocycles. The van der Waals surface area contributed by atoms with Gasteiger partial charge in [-0.1, -0.05) is 4.49 Å². The van der Waals surface area contributed by atoms with E-state index in [1.54, 1.807) is 0 Å². The van der Waals surface area contributed by atoms with Crippen molar-refractivity contribution in [2.45, 2.75) is 13.0 Å². The molecule has 0 fully saturated rings. The van der Waals surface area contributed by atoms with E-state index in [-0.39, 0.29) is 0 Å². The van der Waals surface area contributed by atoms with Gasteiger partial charge in [0.1, 0.15) is 0 Å². The molecular formula is C9H13N5S. The molecule has 0 atom stereocenters. The molecule has 1 N–H and O–H groups in total. The highest BCUT2D eigenvalue weighted by molar-refractivity contribution is 7.03. The van der Waals surface area contributed by atoms with Crippen LogP contribution in [0.3, 0.4) is 0 Å². The molecule has 0 unspecified atom stereocenters. The van der Waals surface area contributed by atoms with E-state index in [1.165, 1.54) is 11.5 Å². The predicted octanol–water partition coefficient (Wildman–Crippen LogP) is 0.604. The highest BCUT2D eigenvalue weighted by Crippen LogP contribution is 1.97. The van der Waals surface area contributed by atoms with Gasteiger partial charge in [-0.05, 0) is 17.6 Å². The molecule has 2 aromatic heterocycles. The second-order valence-corrected chi connectivity index (χ2v) is 3.91. The van der Waals surface area contributed by atoms with E-state index in [4.69, 9.17) is 0 Å². The number of nitrogens with one attached hydrogen (secondary N) is 1. The fourth-order valence-electron chi connectivity index (χ4n) is 1.29. The van der Waals surface area contributed by atoms with E-state index in [1.807, 2.05) is 29.4 Å². The summed E-state index contributed by atoms with van der Waals surface area (Å²) in [5.74, 6) is 0. The Hall–Kier alpha value is -1.27. The third-order valence-electron chi connectivity index (χ3n) is 2.04. The van der Waals surface area contributed by atoms with Gasteiger partial charge in [-0.3, -0.25) is 4.68 Å². The first-order chi connectivity index (χ1) is 7.34. The molecule has 2 rings (SSSR count). The van der Waals surface area contributed by atoms with E-state index in [0.29, 0.717) is 0 Å². The molecule has 2 aromatic rings. The Morgan fingerprint density at radius 3 is 3.07 bits per heavy atom. The van der Waals surface area contributed by atoms with Crippen LogP contribution in [0.4, 0.5) is 0 Å². The van der Waals surface area contributed by atoms with Gasteiger partial charge in [0.15, 0.2) is 0 Å². The third-order valence-corrected chi connectivity index (χ3v) is 2.59. The zero-order valence-electron chi connectivity index (χ0n) is 8.55. The quantitative estimate of drug-likeness (QED) is 0.754. The number of hydrogen-bond donors (Lipinski definition) is 1. The highest BCUT2D eigenvalue weighted by Gasteiger charge is 1.98. The zero-order chi connectivity index (χ0) is 10.5. The predicted molar refractivity (Wildman–Crippen MR) is 58.5 cm³/mol. The number of aromatic nitrogens is 4. The summed E-state index contributed by atoms with van der Waals surface area (Å²) in [5, 5.41) is 13.5. The number of aryl methyl sites for hydroxylation is 1. The Kier molecular flexibility index (Phi) is 3.41. The van der Waals surface area contributed by atoms with Crippen molar-refractivity contribution >= 4 is 11.5 Å². The lowest BCUT2D eigenvalue weighted by atomic mass is 10.3. The van der Waals surface area contributed by atoms with Crippen LogP contribution < -0.4 is 5.32 Å². The van der Waals surface area contributed by atoms with Crippen LogP contribution in [0.5, 0.6) is 0 Å². The van der Waals surface area contributed by atoms with Crippen molar-refractivity contribution in [1.29, 1.82) is 0 Å². The van der Waals surface area contributed by atoms with Crippen LogP contribution in [0, 0.1) is 0 Å². The SMILES string of the molecule is Cn1ccc(CCNCc2csnn2)n1. The second-order valence-electron chi connectivity index (χ2n) is 3.30. The molecule has 0 radical (unpaired) electrons. The molecule has 15 heavy (non-hydrogen) atoms. The van der Waals surface area contributed by atoms with Crippen LogP contribution in [0.25, 0.3) is 0 Å². The summed E-state index contributed by atoms with van der Waals surface area (Å²) < 4.78 is 5.62. The first-order valence-corrected chi connectivity index (χ1v) is 5.63. The van der Waals surface area contributed by atoms with Crippen molar-refractivity contribution in [2.75, 3.05) is 6.54 Å². The third kappa shape index (κ3) is 3.10. The average Bonchev–Trinajstić information content (AvgIpc) is 2.84. The Labute approximate surface area is 92.3 Å². The molecule has 0 amide bonds. The van der Waals surface area contributed by atoms with E-state index in [9.17, 15) is 0 Å². The molecule has 0 aliphatic rings. The number of nitrogens with zero attached hydrogens (tertiary/aromatic N) is 4. The largest absolute Gasteiger partial charge is 0.311 e. The van der Waals surface area contributed by atoms with Gasteiger partial charge in [-0.2, -0.15) is 5.10 Å². The Bertz CT molecular complexity index is 394. The van der Waals surface area contributed by atoms with Gasteiger partial charge in [0.2, 0.25) is 0 Å². The van der Waals surface area contributed by atoms with Gasteiger partial charge < -0.3 is 5.32 Å². The molecule has 2 heterocycles. The summed E-state index contributed by atoms with van der Waals surface area (Å²) in [4.78, 5) is 0. The lowest BCUT2D eigenvalue weighted by Gasteiger charge is -1.99. The molecular weight excluding hydrogens is 210 g/mol. The van der Waals surface area contributed by atoms with Crippen LogP contribution in [-0.2, 0) is 20.0 Å². The number of rotatable bonds is 5.